The summed E-state index contributed by atoms with van der Waals surface area (Å²) in [6.07, 6.45) is 6.37. The minimum absolute atomic E-state index is 0.668. The van der Waals surface area contributed by atoms with E-state index in [1.807, 2.05) is 0 Å². The largest absolute Gasteiger partial charge is 0.330 e. The molecule has 1 aliphatic carbocycles. The van der Waals surface area contributed by atoms with Crippen LogP contribution in [0.25, 0.3) is 0 Å². The Labute approximate surface area is 129 Å². The van der Waals surface area contributed by atoms with Crippen LogP contribution in [0.15, 0.2) is 24.3 Å². The highest BCUT2D eigenvalue weighted by molar-refractivity contribution is 5.32. The summed E-state index contributed by atoms with van der Waals surface area (Å²) in [5.74, 6) is 0. The van der Waals surface area contributed by atoms with Gasteiger partial charge in [0.1, 0.15) is 0 Å². The highest BCUT2D eigenvalue weighted by Gasteiger charge is 2.28. The van der Waals surface area contributed by atoms with Gasteiger partial charge >= 0.3 is 0 Å². The van der Waals surface area contributed by atoms with Crippen LogP contribution in [0.4, 0.5) is 0 Å². The number of nitrogens with two attached hydrogens (primary N) is 1. The van der Waals surface area contributed by atoms with E-state index in [9.17, 15) is 0 Å². The lowest BCUT2D eigenvalue weighted by atomic mass is 9.86. The minimum atomic E-state index is 0.668. The Hall–Kier alpha value is -0.900. The molecule has 1 aromatic carbocycles. The molecule has 0 aromatic heterocycles. The number of unbranched alkanes of at least 4 members (excludes halogenated alkanes) is 1. The smallest absolute Gasteiger partial charge is 0.0352 e. The highest BCUT2D eigenvalue weighted by Crippen LogP contribution is 2.34. The topological polar surface area (TPSA) is 32.5 Å². The molecule has 2 N–H and O–H groups in total. The summed E-state index contributed by atoms with van der Waals surface area (Å²) in [5, 5.41) is 0. The lowest BCUT2D eigenvalue weighted by Gasteiger charge is -2.41. The van der Waals surface area contributed by atoms with Gasteiger partial charge in [-0.25, -0.2) is 0 Å². The van der Waals surface area contributed by atoms with Crippen LogP contribution in [0.1, 0.15) is 42.9 Å². The number of piperazine rings is 1. The first-order valence-electron chi connectivity index (χ1n) is 8.63. The van der Waals surface area contributed by atoms with Crippen molar-refractivity contribution in [3.63, 3.8) is 0 Å². The van der Waals surface area contributed by atoms with Gasteiger partial charge in [-0.15, -0.1) is 0 Å². The molecule has 3 rings (SSSR count). The van der Waals surface area contributed by atoms with E-state index in [2.05, 4.69) is 34.1 Å². The first kappa shape index (κ1) is 15.0. The summed E-state index contributed by atoms with van der Waals surface area (Å²) in [6.45, 7) is 6.96. The predicted octanol–water partition coefficient (Wildman–Crippen LogP) is 2.42. The van der Waals surface area contributed by atoms with Crippen molar-refractivity contribution in [2.24, 2.45) is 5.73 Å². The maximum absolute atomic E-state index is 5.58. The second-order valence-corrected chi connectivity index (χ2v) is 6.48. The summed E-state index contributed by atoms with van der Waals surface area (Å²) < 4.78 is 0. The third kappa shape index (κ3) is 3.65. The highest BCUT2D eigenvalue weighted by atomic mass is 15.3. The molecule has 0 spiro atoms. The molecule has 1 heterocycles. The van der Waals surface area contributed by atoms with E-state index in [4.69, 9.17) is 5.73 Å². The van der Waals surface area contributed by atoms with Crippen molar-refractivity contribution in [1.29, 1.82) is 0 Å². The number of rotatable bonds is 5. The van der Waals surface area contributed by atoms with Gasteiger partial charge < -0.3 is 10.6 Å². The van der Waals surface area contributed by atoms with Crippen LogP contribution in [-0.4, -0.2) is 49.1 Å². The fraction of sp³-hybridized carbons (Fsp3) is 0.667. The van der Waals surface area contributed by atoms with Crippen LogP contribution in [-0.2, 0) is 6.42 Å². The van der Waals surface area contributed by atoms with E-state index in [1.54, 1.807) is 11.1 Å². The summed E-state index contributed by atoms with van der Waals surface area (Å²) in [6, 6.07) is 9.75. The van der Waals surface area contributed by atoms with Crippen LogP contribution in [0, 0.1) is 0 Å². The molecule has 1 fully saturated rings. The Balaban J connectivity index is 1.55. The summed E-state index contributed by atoms with van der Waals surface area (Å²) in [7, 11) is 0. The number of hydrogen-bond acceptors (Lipinski definition) is 3. The summed E-state index contributed by atoms with van der Waals surface area (Å²) in [4.78, 5) is 5.33. The SMILES string of the molecule is NCCCCN1CCN(C2CCCc3ccccc32)CC1. The molecule has 0 saturated carbocycles. The monoisotopic (exact) mass is 287 g/mol. The molecule has 1 aromatic rings. The van der Waals surface area contributed by atoms with Crippen molar-refractivity contribution in [3.8, 4) is 0 Å². The molecule has 21 heavy (non-hydrogen) atoms. The molecule has 1 unspecified atom stereocenters. The van der Waals surface area contributed by atoms with E-state index < -0.39 is 0 Å². The van der Waals surface area contributed by atoms with E-state index in [-0.39, 0.29) is 0 Å². The van der Waals surface area contributed by atoms with Gasteiger partial charge in [-0.1, -0.05) is 24.3 Å². The maximum atomic E-state index is 5.58. The average Bonchev–Trinajstić information content (AvgIpc) is 2.55. The Morgan fingerprint density at radius 3 is 2.67 bits per heavy atom. The average molecular weight is 287 g/mol. The van der Waals surface area contributed by atoms with Crippen molar-refractivity contribution in [2.45, 2.75) is 38.1 Å². The first-order valence-corrected chi connectivity index (χ1v) is 8.63. The zero-order valence-electron chi connectivity index (χ0n) is 13.1. The lowest BCUT2D eigenvalue weighted by Crippen LogP contribution is -2.48. The summed E-state index contributed by atoms with van der Waals surface area (Å²) in [5.41, 5.74) is 8.76. The van der Waals surface area contributed by atoms with Crippen molar-refractivity contribution in [2.75, 3.05) is 39.3 Å². The molecule has 1 aliphatic heterocycles. The Bertz CT molecular complexity index is 438. The van der Waals surface area contributed by atoms with Crippen molar-refractivity contribution in [1.82, 2.24) is 9.80 Å². The second-order valence-electron chi connectivity index (χ2n) is 6.48. The Kier molecular flexibility index (Phi) is 5.28. The van der Waals surface area contributed by atoms with Gasteiger partial charge in [0.15, 0.2) is 0 Å². The minimum Gasteiger partial charge on any atom is -0.330 e. The fourth-order valence-corrected chi connectivity index (χ4v) is 3.89. The molecule has 3 nitrogen and oxygen atoms in total. The van der Waals surface area contributed by atoms with E-state index >= 15 is 0 Å². The number of benzene rings is 1. The molecule has 0 radical (unpaired) electrons. The molecule has 0 bridgehead atoms. The van der Waals surface area contributed by atoms with Gasteiger partial charge in [-0.2, -0.15) is 0 Å². The third-order valence-corrected chi connectivity index (χ3v) is 5.11. The van der Waals surface area contributed by atoms with Gasteiger partial charge in [0, 0.05) is 32.2 Å². The normalized spacial score (nSPS) is 24.0. The third-order valence-electron chi connectivity index (χ3n) is 5.11. The zero-order valence-corrected chi connectivity index (χ0v) is 13.1. The molecule has 1 saturated heterocycles. The van der Waals surface area contributed by atoms with E-state index in [0.717, 1.165) is 13.0 Å². The molecule has 3 heteroatoms. The zero-order chi connectivity index (χ0) is 14.5. The van der Waals surface area contributed by atoms with Crippen LogP contribution >= 0.6 is 0 Å². The number of aryl methyl sites for hydroxylation is 1. The van der Waals surface area contributed by atoms with Crippen LogP contribution < -0.4 is 5.73 Å². The molecular weight excluding hydrogens is 258 g/mol. The molecule has 2 aliphatic rings. The predicted molar refractivity (Wildman–Crippen MR) is 88.4 cm³/mol. The van der Waals surface area contributed by atoms with Crippen molar-refractivity contribution < 1.29 is 0 Å². The number of nitrogens with zero attached hydrogens (tertiary/aromatic N) is 2. The molecular formula is C18H29N3. The van der Waals surface area contributed by atoms with Crippen LogP contribution in [0.2, 0.25) is 0 Å². The maximum Gasteiger partial charge on any atom is 0.0352 e. The first-order chi connectivity index (χ1) is 10.4. The van der Waals surface area contributed by atoms with Gasteiger partial charge in [-0.05, 0) is 56.3 Å². The van der Waals surface area contributed by atoms with Gasteiger partial charge in [0.25, 0.3) is 0 Å². The van der Waals surface area contributed by atoms with Gasteiger partial charge in [0.05, 0.1) is 0 Å². The lowest BCUT2D eigenvalue weighted by molar-refractivity contribution is 0.0872. The van der Waals surface area contributed by atoms with E-state index in [1.165, 1.54) is 58.4 Å². The second kappa shape index (κ2) is 7.39. The van der Waals surface area contributed by atoms with Crippen LogP contribution in [0.5, 0.6) is 0 Å². The standard InChI is InChI=1S/C18H29N3/c19-10-3-4-11-20-12-14-21(15-13-20)18-9-5-7-16-6-1-2-8-17(16)18/h1-2,6,8,18H,3-5,7,9-15,19H2. The number of hydrogen-bond donors (Lipinski definition) is 1. The van der Waals surface area contributed by atoms with Crippen molar-refractivity contribution >= 4 is 0 Å². The van der Waals surface area contributed by atoms with Crippen molar-refractivity contribution in [3.05, 3.63) is 35.4 Å². The quantitative estimate of drug-likeness (QED) is 0.844. The van der Waals surface area contributed by atoms with Gasteiger partial charge in [-0.3, -0.25) is 4.90 Å². The Morgan fingerprint density at radius 1 is 1.05 bits per heavy atom. The summed E-state index contributed by atoms with van der Waals surface area (Å²) >= 11 is 0. The molecule has 0 amide bonds. The Morgan fingerprint density at radius 2 is 1.86 bits per heavy atom. The number of fused-ring (bicyclic) bond motifs is 1. The van der Waals surface area contributed by atoms with Gasteiger partial charge in [0.2, 0.25) is 0 Å². The van der Waals surface area contributed by atoms with Crippen LogP contribution in [0.3, 0.4) is 0 Å². The molecule has 1 atom stereocenters. The van der Waals surface area contributed by atoms with E-state index in [0.29, 0.717) is 6.04 Å². The fourth-order valence-electron chi connectivity index (χ4n) is 3.89. The molecule has 116 valence electrons.